The van der Waals surface area contributed by atoms with Gasteiger partial charge < -0.3 is 15.5 Å². The molecule has 0 bridgehead atoms. The van der Waals surface area contributed by atoms with Crippen molar-refractivity contribution in [2.24, 2.45) is 5.92 Å². The lowest BCUT2D eigenvalue weighted by atomic mass is 9.67. The molecular weight excluding hydrogens is 254 g/mol. The molecule has 4 heteroatoms. The number of carboxylic acids is 1. The van der Waals surface area contributed by atoms with Crippen molar-refractivity contribution in [3.8, 4) is 0 Å². The second-order valence-electron chi connectivity index (χ2n) is 6.06. The summed E-state index contributed by atoms with van der Waals surface area (Å²) in [5, 5.41) is 23.3. The Morgan fingerprint density at radius 3 is 2.65 bits per heavy atom. The van der Waals surface area contributed by atoms with Gasteiger partial charge in [-0.25, -0.2) is 4.79 Å². The van der Waals surface area contributed by atoms with Crippen LogP contribution in [0, 0.1) is 5.92 Å². The van der Waals surface area contributed by atoms with Gasteiger partial charge in [0.1, 0.15) is 0 Å². The molecule has 3 N–H and O–H groups in total. The van der Waals surface area contributed by atoms with Crippen LogP contribution in [0.4, 0.5) is 0 Å². The predicted octanol–water partition coefficient (Wildman–Crippen LogP) is 2.34. The zero-order valence-electron chi connectivity index (χ0n) is 11.5. The Balaban J connectivity index is 1.86. The molecule has 3 rings (SSSR count). The van der Waals surface area contributed by atoms with Crippen molar-refractivity contribution in [1.29, 1.82) is 0 Å². The topological polar surface area (TPSA) is 69.6 Å². The first kappa shape index (κ1) is 13.6. The van der Waals surface area contributed by atoms with E-state index in [-0.39, 0.29) is 12.0 Å². The quantitative estimate of drug-likeness (QED) is 0.775. The van der Waals surface area contributed by atoms with Crippen LogP contribution in [0.3, 0.4) is 0 Å². The number of carboxylic acid groups (broad SMARTS) is 1. The van der Waals surface area contributed by atoms with E-state index in [0.29, 0.717) is 5.56 Å². The van der Waals surface area contributed by atoms with Gasteiger partial charge in [-0.05, 0) is 43.5 Å². The van der Waals surface area contributed by atoms with Crippen LogP contribution < -0.4 is 5.32 Å². The second kappa shape index (κ2) is 5.19. The van der Waals surface area contributed by atoms with E-state index >= 15 is 0 Å². The Hall–Kier alpha value is -1.39. The summed E-state index contributed by atoms with van der Waals surface area (Å²) < 4.78 is 0. The molecule has 1 heterocycles. The summed E-state index contributed by atoms with van der Waals surface area (Å²) in [6.07, 6.45) is 5.02. The average Bonchev–Trinajstić information content (AvgIpc) is 2.46. The number of rotatable bonds is 2. The molecule has 2 aliphatic rings. The Kier molecular flexibility index (Phi) is 3.52. The third kappa shape index (κ3) is 2.34. The maximum atomic E-state index is 10.9. The van der Waals surface area contributed by atoms with Gasteiger partial charge in [0.15, 0.2) is 0 Å². The summed E-state index contributed by atoms with van der Waals surface area (Å²) in [7, 11) is 0. The molecule has 4 nitrogen and oxygen atoms in total. The van der Waals surface area contributed by atoms with Crippen molar-refractivity contribution in [3.63, 3.8) is 0 Å². The Morgan fingerprint density at radius 1 is 1.20 bits per heavy atom. The number of fused-ring (bicyclic) bond motifs is 1. The van der Waals surface area contributed by atoms with Gasteiger partial charge in [-0.2, -0.15) is 0 Å². The maximum absolute atomic E-state index is 10.9. The molecule has 0 radical (unpaired) electrons. The van der Waals surface area contributed by atoms with Gasteiger partial charge in [-0.1, -0.05) is 25.0 Å². The SMILES string of the molecule is O=C(O)c1ccc([C@@H]2NCC[C@@]3(O)CCCC[C@H]23)cc1. The molecule has 2 fully saturated rings. The standard InChI is InChI=1S/C16H21NO3/c18-15(19)12-6-4-11(5-7-12)14-13-3-1-2-8-16(13,20)9-10-17-14/h4-7,13-14,17,20H,1-3,8-10H2,(H,18,19)/t13-,14+,16+/m1/s1. The van der Waals surface area contributed by atoms with Gasteiger partial charge in [0.25, 0.3) is 0 Å². The molecule has 108 valence electrons. The normalized spacial score (nSPS) is 33.5. The van der Waals surface area contributed by atoms with Crippen molar-refractivity contribution in [3.05, 3.63) is 35.4 Å². The van der Waals surface area contributed by atoms with Gasteiger partial charge >= 0.3 is 5.97 Å². The van der Waals surface area contributed by atoms with Gasteiger partial charge in [0.05, 0.1) is 11.2 Å². The molecule has 1 aromatic carbocycles. The number of nitrogens with one attached hydrogen (secondary N) is 1. The minimum absolute atomic E-state index is 0.136. The zero-order valence-corrected chi connectivity index (χ0v) is 11.5. The lowest BCUT2D eigenvalue weighted by molar-refractivity contribution is -0.0861. The highest BCUT2D eigenvalue weighted by Crippen LogP contribution is 2.45. The molecule has 1 saturated carbocycles. The van der Waals surface area contributed by atoms with E-state index in [2.05, 4.69) is 5.32 Å². The Labute approximate surface area is 118 Å². The van der Waals surface area contributed by atoms with Gasteiger partial charge in [0.2, 0.25) is 0 Å². The molecule has 20 heavy (non-hydrogen) atoms. The highest BCUT2D eigenvalue weighted by Gasteiger charge is 2.45. The fourth-order valence-corrected chi connectivity index (χ4v) is 3.81. The lowest BCUT2D eigenvalue weighted by Crippen LogP contribution is -2.53. The largest absolute Gasteiger partial charge is 0.478 e. The first-order valence-electron chi connectivity index (χ1n) is 7.39. The van der Waals surface area contributed by atoms with E-state index < -0.39 is 11.6 Å². The van der Waals surface area contributed by atoms with Crippen LogP contribution in [0.25, 0.3) is 0 Å². The smallest absolute Gasteiger partial charge is 0.335 e. The van der Waals surface area contributed by atoms with E-state index in [1.54, 1.807) is 12.1 Å². The second-order valence-corrected chi connectivity index (χ2v) is 6.06. The van der Waals surface area contributed by atoms with E-state index in [1.165, 1.54) is 6.42 Å². The van der Waals surface area contributed by atoms with Crippen molar-refractivity contribution < 1.29 is 15.0 Å². The molecule has 1 aliphatic carbocycles. The van der Waals surface area contributed by atoms with E-state index in [9.17, 15) is 9.90 Å². The van der Waals surface area contributed by atoms with E-state index in [1.807, 2.05) is 12.1 Å². The molecule has 0 unspecified atom stereocenters. The van der Waals surface area contributed by atoms with Gasteiger partial charge in [0, 0.05) is 12.0 Å². The number of piperidine rings is 1. The minimum Gasteiger partial charge on any atom is -0.478 e. The fourth-order valence-electron chi connectivity index (χ4n) is 3.81. The summed E-state index contributed by atoms with van der Waals surface area (Å²) in [5.41, 5.74) is 0.850. The van der Waals surface area contributed by atoms with Gasteiger partial charge in [-0.3, -0.25) is 0 Å². The zero-order chi connectivity index (χ0) is 14.2. The van der Waals surface area contributed by atoms with Crippen molar-refractivity contribution in [1.82, 2.24) is 5.32 Å². The minimum atomic E-state index is -0.901. The molecule has 1 aliphatic heterocycles. The molecule has 0 spiro atoms. The first-order chi connectivity index (χ1) is 9.60. The van der Waals surface area contributed by atoms with E-state index in [4.69, 9.17) is 5.11 Å². The molecule has 1 aromatic rings. The van der Waals surface area contributed by atoms with Crippen LogP contribution in [0.15, 0.2) is 24.3 Å². The first-order valence-corrected chi connectivity index (χ1v) is 7.39. The van der Waals surface area contributed by atoms with Crippen molar-refractivity contribution in [2.45, 2.75) is 43.7 Å². The average molecular weight is 275 g/mol. The summed E-state index contributed by atoms with van der Waals surface area (Å²) in [6, 6.07) is 7.19. The maximum Gasteiger partial charge on any atom is 0.335 e. The summed E-state index contributed by atoms with van der Waals surface area (Å²) in [5.74, 6) is -0.664. The molecule has 0 amide bonds. The molecular formula is C16H21NO3. The third-order valence-corrected chi connectivity index (χ3v) is 4.91. The number of aromatic carboxylic acids is 1. The molecule has 3 atom stereocenters. The number of carbonyl (C=O) groups is 1. The van der Waals surface area contributed by atoms with Crippen LogP contribution >= 0.6 is 0 Å². The third-order valence-electron chi connectivity index (χ3n) is 4.91. The lowest BCUT2D eigenvalue weighted by Gasteiger charge is -2.48. The summed E-state index contributed by atoms with van der Waals surface area (Å²) in [6.45, 7) is 0.818. The number of aliphatic hydroxyl groups is 1. The van der Waals surface area contributed by atoms with Crippen LogP contribution in [-0.2, 0) is 0 Å². The fraction of sp³-hybridized carbons (Fsp3) is 0.562. The van der Waals surface area contributed by atoms with Crippen LogP contribution in [0.1, 0.15) is 54.1 Å². The molecule has 0 aromatic heterocycles. The highest BCUT2D eigenvalue weighted by atomic mass is 16.4. The predicted molar refractivity (Wildman–Crippen MR) is 75.7 cm³/mol. The van der Waals surface area contributed by atoms with Crippen molar-refractivity contribution >= 4 is 5.97 Å². The van der Waals surface area contributed by atoms with Gasteiger partial charge in [-0.15, -0.1) is 0 Å². The van der Waals surface area contributed by atoms with Crippen molar-refractivity contribution in [2.75, 3.05) is 6.54 Å². The van der Waals surface area contributed by atoms with Crippen LogP contribution in [0.5, 0.6) is 0 Å². The number of hydrogen-bond donors (Lipinski definition) is 3. The number of hydrogen-bond acceptors (Lipinski definition) is 3. The molecule has 1 saturated heterocycles. The van der Waals surface area contributed by atoms with Crippen LogP contribution in [0.2, 0.25) is 0 Å². The monoisotopic (exact) mass is 275 g/mol. The highest BCUT2D eigenvalue weighted by molar-refractivity contribution is 5.87. The number of benzene rings is 1. The summed E-state index contributed by atoms with van der Waals surface area (Å²) in [4.78, 5) is 10.9. The Morgan fingerprint density at radius 2 is 1.95 bits per heavy atom. The summed E-state index contributed by atoms with van der Waals surface area (Å²) >= 11 is 0. The van der Waals surface area contributed by atoms with Crippen LogP contribution in [-0.4, -0.2) is 28.3 Å². The Bertz CT molecular complexity index is 495. The van der Waals surface area contributed by atoms with E-state index in [0.717, 1.165) is 37.8 Å².